The predicted octanol–water partition coefficient (Wildman–Crippen LogP) is 5.04. The van der Waals surface area contributed by atoms with Crippen LogP contribution in [0.15, 0.2) is 29.4 Å². The second kappa shape index (κ2) is 7.31. The van der Waals surface area contributed by atoms with Crippen molar-refractivity contribution in [3.63, 3.8) is 0 Å². The summed E-state index contributed by atoms with van der Waals surface area (Å²) in [6.45, 7) is 8.02. The molecule has 142 valence electrons. The van der Waals surface area contributed by atoms with Crippen LogP contribution in [0.1, 0.15) is 54.5 Å². The molecule has 0 saturated carbocycles. The molecule has 0 fully saturated rings. The van der Waals surface area contributed by atoms with E-state index in [1.165, 1.54) is 0 Å². The lowest BCUT2D eigenvalue weighted by atomic mass is 9.73. The quantitative estimate of drug-likeness (QED) is 0.455. The number of benzene rings is 1. The predicted molar refractivity (Wildman–Crippen MR) is 106 cm³/mol. The van der Waals surface area contributed by atoms with Gasteiger partial charge in [0.1, 0.15) is 0 Å². The van der Waals surface area contributed by atoms with E-state index in [1.807, 2.05) is 18.2 Å². The standard InChI is InChI=1S/C21H23ClN2O3/c1-5-27-20(25)17-12(2)23-15-10-21(3,4)11-16(24-26)19(15)18(17)13-8-6-7-9-14(13)22/h6-9,26H,5,10-11H2,1-4H3. The van der Waals surface area contributed by atoms with Crippen LogP contribution in [0.3, 0.4) is 0 Å². The molecule has 6 heteroatoms. The first kappa shape index (κ1) is 19.4. The lowest BCUT2D eigenvalue weighted by molar-refractivity contribution is 0.0526. The van der Waals surface area contributed by atoms with Crippen molar-refractivity contribution < 1.29 is 14.7 Å². The van der Waals surface area contributed by atoms with Crippen molar-refractivity contribution in [3.8, 4) is 11.1 Å². The molecular weight excluding hydrogens is 364 g/mol. The summed E-state index contributed by atoms with van der Waals surface area (Å²) < 4.78 is 5.29. The zero-order valence-corrected chi connectivity index (χ0v) is 16.7. The first-order valence-corrected chi connectivity index (χ1v) is 9.33. The van der Waals surface area contributed by atoms with Crippen molar-refractivity contribution in [2.75, 3.05) is 6.61 Å². The number of rotatable bonds is 3. The lowest BCUT2D eigenvalue weighted by Gasteiger charge is -2.33. The van der Waals surface area contributed by atoms with Gasteiger partial charge in [-0.3, -0.25) is 4.98 Å². The van der Waals surface area contributed by atoms with Gasteiger partial charge in [0.05, 0.1) is 29.3 Å². The summed E-state index contributed by atoms with van der Waals surface area (Å²) in [5.41, 5.74) is 4.17. The maximum Gasteiger partial charge on any atom is 0.340 e. The number of halogens is 1. The number of ether oxygens (including phenoxy) is 1. The summed E-state index contributed by atoms with van der Waals surface area (Å²) in [4.78, 5) is 17.5. The molecular formula is C21H23ClN2O3. The Bertz CT molecular complexity index is 935. The molecule has 0 spiro atoms. The smallest absolute Gasteiger partial charge is 0.340 e. The van der Waals surface area contributed by atoms with Crippen LogP contribution in [-0.2, 0) is 11.2 Å². The number of hydrogen-bond donors (Lipinski definition) is 1. The van der Waals surface area contributed by atoms with Crippen molar-refractivity contribution in [2.45, 2.75) is 40.5 Å². The third kappa shape index (κ3) is 3.56. The van der Waals surface area contributed by atoms with E-state index < -0.39 is 5.97 Å². The molecule has 1 heterocycles. The minimum Gasteiger partial charge on any atom is -0.462 e. The van der Waals surface area contributed by atoms with Crippen molar-refractivity contribution in [2.24, 2.45) is 10.6 Å². The van der Waals surface area contributed by atoms with Crippen molar-refractivity contribution >= 4 is 23.3 Å². The van der Waals surface area contributed by atoms with Gasteiger partial charge < -0.3 is 9.94 Å². The van der Waals surface area contributed by atoms with Gasteiger partial charge in [-0.1, -0.05) is 48.8 Å². The molecule has 2 aromatic rings. The molecule has 1 aromatic heterocycles. The third-order valence-corrected chi connectivity index (χ3v) is 5.11. The van der Waals surface area contributed by atoms with Crippen LogP contribution < -0.4 is 0 Å². The highest BCUT2D eigenvalue weighted by Gasteiger charge is 2.36. The van der Waals surface area contributed by atoms with Crippen molar-refractivity contribution in [1.29, 1.82) is 0 Å². The second-order valence-corrected chi connectivity index (χ2v) is 7.94. The van der Waals surface area contributed by atoms with Gasteiger partial charge in [-0.25, -0.2) is 4.79 Å². The van der Waals surface area contributed by atoms with Gasteiger partial charge in [-0.05, 0) is 38.2 Å². The highest BCUT2D eigenvalue weighted by atomic mass is 35.5. The van der Waals surface area contributed by atoms with Gasteiger partial charge >= 0.3 is 5.97 Å². The Balaban J connectivity index is 2.42. The Morgan fingerprint density at radius 1 is 1.30 bits per heavy atom. The number of hydrogen-bond acceptors (Lipinski definition) is 5. The molecule has 3 rings (SSSR count). The van der Waals surface area contributed by atoms with E-state index in [2.05, 4.69) is 19.0 Å². The molecule has 0 radical (unpaired) electrons. The van der Waals surface area contributed by atoms with Gasteiger partial charge in [0, 0.05) is 21.7 Å². The highest BCUT2D eigenvalue weighted by molar-refractivity contribution is 6.34. The van der Waals surface area contributed by atoms with Crippen LogP contribution in [0, 0.1) is 12.3 Å². The number of carbonyl (C=O) groups excluding carboxylic acids is 1. The summed E-state index contributed by atoms with van der Waals surface area (Å²) in [7, 11) is 0. The van der Waals surface area contributed by atoms with Gasteiger partial charge in [-0.2, -0.15) is 0 Å². The summed E-state index contributed by atoms with van der Waals surface area (Å²) in [5.74, 6) is -0.456. The number of oxime groups is 1. The molecule has 5 nitrogen and oxygen atoms in total. The fourth-order valence-corrected chi connectivity index (χ4v) is 3.96. The Labute approximate surface area is 164 Å². The summed E-state index contributed by atoms with van der Waals surface area (Å²) >= 11 is 6.48. The maximum atomic E-state index is 12.8. The van der Waals surface area contributed by atoms with E-state index >= 15 is 0 Å². The van der Waals surface area contributed by atoms with Gasteiger partial charge in [0.2, 0.25) is 0 Å². The first-order chi connectivity index (χ1) is 12.8. The van der Waals surface area contributed by atoms with Crippen LogP contribution in [-0.4, -0.2) is 28.5 Å². The van der Waals surface area contributed by atoms with Gasteiger partial charge in [-0.15, -0.1) is 0 Å². The maximum absolute atomic E-state index is 12.8. The minimum absolute atomic E-state index is 0.100. The molecule has 0 atom stereocenters. The van der Waals surface area contributed by atoms with E-state index in [0.717, 1.165) is 5.69 Å². The Morgan fingerprint density at radius 2 is 2.00 bits per heavy atom. The van der Waals surface area contributed by atoms with Crippen molar-refractivity contribution in [1.82, 2.24) is 4.98 Å². The number of esters is 1. The lowest BCUT2D eigenvalue weighted by Crippen LogP contribution is -2.30. The number of pyridine rings is 1. The monoisotopic (exact) mass is 386 g/mol. The zero-order valence-electron chi connectivity index (χ0n) is 16.0. The molecule has 1 aliphatic rings. The molecule has 1 aliphatic carbocycles. The fourth-order valence-electron chi connectivity index (χ4n) is 3.73. The number of aryl methyl sites for hydroxylation is 1. The van der Waals surface area contributed by atoms with Gasteiger partial charge in [0.15, 0.2) is 0 Å². The Hall–Kier alpha value is -2.40. The van der Waals surface area contributed by atoms with Crippen LogP contribution in [0.5, 0.6) is 0 Å². The van der Waals surface area contributed by atoms with E-state index in [4.69, 9.17) is 21.3 Å². The first-order valence-electron chi connectivity index (χ1n) is 8.96. The van der Waals surface area contributed by atoms with Crippen LogP contribution in [0.4, 0.5) is 0 Å². The molecule has 0 amide bonds. The number of carbonyl (C=O) groups is 1. The van der Waals surface area contributed by atoms with E-state index in [-0.39, 0.29) is 12.0 Å². The Morgan fingerprint density at radius 3 is 2.63 bits per heavy atom. The minimum atomic E-state index is -0.456. The molecule has 0 aliphatic heterocycles. The summed E-state index contributed by atoms with van der Waals surface area (Å²) in [5, 5.41) is 13.8. The van der Waals surface area contributed by atoms with E-state index in [0.29, 0.717) is 51.5 Å². The summed E-state index contributed by atoms with van der Waals surface area (Å²) in [6, 6.07) is 7.33. The summed E-state index contributed by atoms with van der Waals surface area (Å²) in [6.07, 6.45) is 1.28. The topological polar surface area (TPSA) is 71.8 Å². The second-order valence-electron chi connectivity index (χ2n) is 7.53. The van der Waals surface area contributed by atoms with Crippen molar-refractivity contribution in [3.05, 3.63) is 51.8 Å². The van der Waals surface area contributed by atoms with E-state index in [1.54, 1.807) is 19.9 Å². The normalized spacial score (nSPS) is 16.9. The number of fused-ring (bicyclic) bond motifs is 1. The molecule has 1 N–H and O–H groups in total. The molecule has 0 bridgehead atoms. The number of nitrogens with zero attached hydrogens (tertiary/aromatic N) is 2. The van der Waals surface area contributed by atoms with E-state index in [9.17, 15) is 10.0 Å². The third-order valence-electron chi connectivity index (χ3n) is 4.78. The Kier molecular flexibility index (Phi) is 5.24. The largest absolute Gasteiger partial charge is 0.462 e. The average Bonchev–Trinajstić information content (AvgIpc) is 2.59. The molecule has 1 aromatic carbocycles. The molecule has 0 saturated heterocycles. The SMILES string of the molecule is CCOC(=O)c1c(C)nc2c(c1-c1ccccc1Cl)C(=NO)CC(C)(C)C2. The number of aromatic nitrogens is 1. The molecule has 27 heavy (non-hydrogen) atoms. The highest BCUT2D eigenvalue weighted by Crippen LogP contribution is 2.42. The van der Waals surface area contributed by atoms with Crippen LogP contribution in [0.2, 0.25) is 5.02 Å². The average molecular weight is 387 g/mol. The fraction of sp³-hybridized carbons (Fsp3) is 0.381. The van der Waals surface area contributed by atoms with Crippen LogP contribution >= 0.6 is 11.6 Å². The zero-order chi connectivity index (χ0) is 19.8. The van der Waals surface area contributed by atoms with Crippen LogP contribution in [0.25, 0.3) is 11.1 Å². The molecule has 0 unspecified atom stereocenters. The van der Waals surface area contributed by atoms with Gasteiger partial charge in [0.25, 0.3) is 0 Å².